The molecule has 3 nitrogen and oxygen atoms in total. The maximum atomic E-state index is 14.0. The van der Waals surface area contributed by atoms with Gasteiger partial charge in [0.1, 0.15) is 5.41 Å². The third kappa shape index (κ3) is 2.33. The lowest BCUT2D eigenvalue weighted by Crippen LogP contribution is -2.49. The Labute approximate surface area is 123 Å². The van der Waals surface area contributed by atoms with Gasteiger partial charge in [0.25, 0.3) is 5.92 Å². The van der Waals surface area contributed by atoms with Crippen molar-refractivity contribution in [3.63, 3.8) is 0 Å². The molecule has 2 aliphatic carbocycles. The van der Waals surface area contributed by atoms with E-state index in [1.54, 1.807) is 30.3 Å². The van der Waals surface area contributed by atoms with Crippen LogP contribution >= 0.6 is 0 Å². The summed E-state index contributed by atoms with van der Waals surface area (Å²) in [6, 6.07) is 8.40. The Morgan fingerprint density at radius 3 is 2.24 bits per heavy atom. The van der Waals surface area contributed by atoms with Crippen LogP contribution in [0, 0.1) is 0 Å². The Kier molecular flexibility index (Phi) is 3.10. The van der Waals surface area contributed by atoms with E-state index in [0.717, 1.165) is 12.8 Å². The number of benzene rings is 1. The molecule has 2 aliphatic rings. The average molecular weight is 294 g/mol. The van der Waals surface area contributed by atoms with Gasteiger partial charge in [-0.15, -0.1) is 0 Å². The second-order valence-corrected chi connectivity index (χ2v) is 6.62. The summed E-state index contributed by atoms with van der Waals surface area (Å²) in [6.45, 7) is 0.690. The van der Waals surface area contributed by atoms with Crippen LogP contribution < -0.4 is 5.32 Å². The van der Waals surface area contributed by atoms with Crippen molar-refractivity contribution in [2.24, 2.45) is 0 Å². The number of rotatable bonds is 5. The number of hydrogen-bond donors (Lipinski definition) is 1. The van der Waals surface area contributed by atoms with Gasteiger partial charge in [-0.3, -0.25) is 4.79 Å². The fraction of sp³-hybridized carbons (Fsp3) is 0.562. The normalized spacial score (nSPS) is 28.2. The van der Waals surface area contributed by atoms with Crippen LogP contribution in [-0.2, 0) is 10.2 Å². The Morgan fingerprint density at radius 2 is 1.81 bits per heavy atom. The number of alkyl halides is 2. The molecule has 0 bridgehead atoms. The first-order valence-corrected chi connectivity index (χ1v) is 7.22. The third-order valence-electron chi connectivity index (χ3n) is 4.49. The quantitative estimate of drug-likeness (QED) is 0.902. The molecule has 0 heterocycles. The van der Waals surface area contributed by atoms with Crippen LogP contribution in [0.4, 0.5) is 8.78 Å². The lowest BCUT2D eigenvalue weighted by Gasteiger charge is -2.25. The maximum Gasteiger partial charge on any atom is 0.268 e. The molecule has 1 unspecified atom stereocenters. The Balaban J connectivity index is 1.82. The highest BCUT2D eigenvalue weighted by Crippen LogP contribution is 2.62. The summed E-state index contributed by atoms with van der Waals surface area (Å²) >= 11 is 0. The van der Waals surface area contributed by atoms with Crippen molar-refractivity contribution in [3.8, 4) is 0 Å². The smallest absolute Gasteiger partial charge is 0.268 e. The zero-order valence-electron chi connectivity index (χ0n) is 12.3. The molecule has 0 aromatic heterocycles. The van der Waals surface area contributed by atoms with Gasteiger partial charge in [-0.1, -0.05) is 30.3 Å². The predicted octanol–water partition coefficient (Wildman–Crippen LogP) is 2.17. The van der Waals surface area contributed by atoms with Gasteiger partial charge in [0.2, 0.25) is 5.91 Å². The van der Waals surface area contributed by atoms with Crippen LogP contribution in [0.15, 0.2) is 30.3 Å². The predicted molar refractivity (Wildman–Crippen MR) is 76.3 cm³/mol. The maximum absolute atomic E-state index is 14.0. The van der Waals surface area contributed by atoms with E-state index in [2.05, 4.69) is 5.32 Å². The molecule has 0 radical (unpaired) electrons. The van der Waals surface area contributed by atoms with Crippen LogP contribution in [0.25, 0.3) is 0 Å². The first kappa shape index (κ1) is 14.4. The lowest BCUT2D eigenvalue weighted by atomic mass is 9.93. The van der Waals surface area contributed by atoms with E-state index in [9.17, 15) is 13.6 Å². The molecule has 0 saturated heterocycles. The lowest BCUT2D eigenvalue weighted by molar-refractivity contribution is -0.127. The summed E-state index contributed by atoms with van der Waals surface area (Å²) in [7, 11) is 3.84. The summed E-state index contributed by atoms with van der Waals surface area (Å²) < 4.78 is 27.9. The van der Waals surface area contributed by atoms with Crippen LogP contribution in [0.1, 0.15) is 24.8 Å². The third-order valence-corrected chi connectivity index (χ3v) is 4.49. The molecule has 0 aliphatic heterocycles. The number of hydrogen-bond acceptors (Lipinski definition) is 2. The first-order chi connectivity index (χ1) is 9.81. The van der Waals surface area contributed by atoms with E-state index >= 15 is 0 Å². The van der Waals surface area contributed by atoms with Crippen LogP contribution in [0.2, 0.25) is 0 Å². The SMILES string of the molecule is CN(C)CC1(NC(=O)C2(c3ccccc3)CC2(F)F)CC1. The summed E-state index contributed by atoms with van der Waals surface area (Å²) in [5.74, 6) is -3.48. The summed E-state index contributed by atoms with van der Waals surface area (Å²) in [6.07, 6.45) is 1.31. The summed E-state index contributed by atoms with van der Waals surface area (Å²) in [5.41, 5.74) is -1.58. The van der Waals surface area contributed by atoms with Crippen molar-refractivity contribution in [2.45, 2.75) is 36.1 Å². The minimum atomic E-state index is -2.95. The molecule has 21 heavy (non-hydrogen) atoms. The topological polar surface area (TPSA) is 32.3 Å². The van der Waals surface area contributed by atoms with Crippen molar-refractivity contribution in [1.29, 1.82) is 0 Å². The molecule has 1 amide bonds. The van der Waals surface area contributed by atoms with E-state index in [0.29, 0.717) is 12.1 Å². The Hall–Kier alpha value is -1.49. The number of likely N-dealkylation sites (N-methyl/N-ethyl adjacent to an activating group) is 1. The van der Waals surface area contributed by atoms with Gasteiger partial charge in [0.05, 0.1) is 5.54 Å². The largest absolute Gasteiger partial charge is 0.348 e. The molecule has 1 atom stereocenters. The van der Waals surface area contributed by atoms with Gasteiger partial charge >= 0.3 is 0 Å². The second kappa shape index (κ2) is 4.50. The fourth-order valence-corrected chi connectivity index (χ4v) is 3.13. The molecule has 114 valence electrons. The molecular formula is C16H20F2N2O. The Bertz CT molecular complexity index is 555. The highest BCUT2D eigenvalue weighted by atomic mass is 19.3. The van der Waals surface area contributed by atoms with Crippen LogP contribution in [0.5, 0.6) is 0 Å². The van der Waals surface area contributed by atoms with Gasteiger partial charge in [-0.25, -0.2) is 8.78 Å². The Morgan fingerprint density at radius 1 is 1.24 bits per heavy atom. The number of carbonyl (C=O) groups excluding carboxylic acids is 1. The molecule has 2 fully saturated rings. The minimum Gasteiger partial charge on any atom is -0.348 e. The van der Waals surface area contributed by atoms with Crippen molar-refractivity contribution in [1.82, 2.24) is 10.2 Å². The number of nitrogens with one attached hydrogen (secondary N) is 1. The zero-order chi connectivity index (χ0) is 15.3. The highest BCUT2D eigenvalue weighted by Gasteiger charge is 2.77. The van der Waals surface area contributed by atoms with E-state index < -0.39 is 23.7 Å². The van der Waals surface area contributed by atoms with Crippen LogP contribution in [0.3, 0.4) is 0 Å². The van der Waals surface area contributed by atoms with Gasteiger partial charge in [0, 0.05) is 13.0 Å². The van der Waals surface area contributed by atoms with Crippen molar-refractivity contribution < 1.29 is 13.6 Å². The molecule has 1 aromatic rings. The summed E-state index contributed by atoms with van der Waals surface area (Å²) in [5, 5.41) is 2.89. The minimum absolute atomic E-state index is 0.318. The molecule has 3 rings (SSSR count). The number of amides is 1. The molecular weight excluding hydrogens is 274 g/mol. The first-order valence-electron chi connectivity index (χ1n) is 7.22. The average Bonchev–Trinajstić information content (AvgIpc) is 3.27. The van der Waals surface area contributed by atoms with Crippen LogP contribution in [-0.4, -0.2) is 42.9 Å². The van der Waals surface area contributed by atoms with Gasteiger partial charge < -0.3 is 10.2 Å². The molecule has 1 N–H and O–H groups in total. The number of carbonyl (C=O) groups is 1. The summed E-state index contributed by atoms with van der Waals surface area (Å²) in [4.78, 5) is 14.6. The monoisotopic (exact) mass is 294 g/mol. The standard InChI is InChI=1S/C16H20F2N2O/c1-20(2)11-14(8-9-14)19-13(21)15(10-16(15,17)18)12-6-4-3-5-7-12/h3-7H,8-11H2,1-2H3,(H,19,21). The molecule has 1 aromatic carbocycles. The van der Waals surface area contributed by atoms with Gasteiger partial charge in [-0.2, -0.15) is 0 Å². The second-order valence-electron chi connectivity index (χ2n) is 6.62. The van der Waals surface area contributed by atoms with Gasteiger partial charge in [0.15, 0.2) is 0 Å². The molecule has 0 spiro atoms. The van der Waals surface area contributed by atoms with E-state index in [1.165, 1.54) is 0 Å². The van der Waals surface area contributed by atoms with Crippen molar-refractivity contribution >= 4 is 5.91 Å². The van der Waals surface area contributed by atoms with E-state index in [1.807, 2.05) is 19.0 Å². The van der Waals surface area contributed by atoms with Crippen molar-refractivity contribution in [2.75, 3.05) is 20.6 Å². The highest BCUT2D eigenvalue weighted by molar-refractivity contribution is 5.94. The molecule has 5 heteroatoms. The van der Waals surface area contributed by atoms with E-state index in [4.69, 9.17) is 0 Å². The van der Waals surface area contributed by atoms with E-state index in [-0.39, 0.29) is 5.54 Å². The molecule has 2 saturated carbocycles. The van der Waals surface area contributed by atoms with Crippen molar-refractivity contribution in [3.05, 3.63) is 35.9 Å². The zero-order valence-corrected chi connectivity index (χ0v) is 12.3. The van der Waals surface area contributed by atoms with Gasteiger partial charge in [-0.05, 0) is 32.5 Å². The number of halogens is 2. The fourth-order valence-electron chi connectivity index (χ4n) is 3.13. The number of nitrogens with zero attached hydrogens (tertiary/aromatic N) is 1.